The highest BCUT2D eigenvalue weighted by Gasteiger charge is 2.17. The number of carbonyl (C=O) groups is 1. The van der Waals surface area contributed by atoms with Crippen LogP contribution in [0.3, 0.4) is 0 Å². The van der Waals surface area contributed by atoms with Gasteiger partial charge in [0.15, 0.2) is 0 Å². The number of hydrogen-bond acceptors (Lipinski definition) is 3. The highest BCUT2D eigenvalue weighted by atomic mass is 16.5. The first-order valence-corrected chi connectivity index (χ1v) is 4.23. The van der Waals surface area contributed by atoms with Gasteiger partial charge in [-0.1, -0.05) is 12.1 Å². The van der Waals surface area contributed by atoms with E-state index in [-0.39, 0.29) is 11.8 Å². The maximum absolute atomic E-state index is 10.7. The monoisotopic (exact) mass is 182 g/mol. The van der Waals surface area contributed by atoms with Crippen LogP contribution in [0.25, 0.3) is 0 Å². The first-order valence-electron chi connectivity index (χ1n) is 4.23. The zero-order valence-electron chi connectivity index (χ0n) is 8.13. The van der Waals surface area contributed by atoms with Gasteiger partial charge in [-0.3, -0.25) is 4.79 Å². The molecule has 13 heavy (non-hydrogen) atoms. The van der Waals surface area contributed by atoms with Gasteiger partial charge in [0, 0.05) is 12.0 Å². The number of nitrogens with zero attached hydrogens (tertiary/aromatic N) is 1. The van der Waals surface area contributed by atoms with E-state index in [0.717, 1.165) is 17.0 Å². The van der Waals surface area contributed by atoms with Gasteiger partial charge in [-0.25, -0.2) is 0 Å². The lowest BCUT2D eigenvalue weighted by Gasteiger charge is -2.07. The predicted octanol–water partition coefficient (Wildman–Crippen LogP) is 1.27. The van der Waals surface area contributed by atoms with Crippen molar-refractivity contribution >= 4 is 5.91 Å². The molecular formula is C9H14N2O2. The van der Waals surface area contributed by atoms with Crippen molar-refractivity contribution in [3.63, 3.8) is 0 Å². The maximum atomic E-state index is 10.7. The summed E-state index contributed by atoms with van der Waals surface area (Å²) in [4.78, 5) is 10.7. The van der Waals surface area contributed by atoms with E-state index >= 15 is 0 Å². The summed E-state index contributed by atoms with van der Waals surface area (Å²) in [5, 5.41) is 3.82. The second-order valence-corrected chi connectivity index (χ2v) is 3.31. The number of primary amides is 1. The van der Waals surface area contributed by atoms with Gasteiger partial charge in [-0.05, 0) is 19.8 Å². The van der Waals surface area contributed by atoms with Crippen molar-refractivity contribution in [2.24, 2.45) is 5.73 Å². The molecule has 1 aromatic rings. The molecule has 0 spiro atoms. The molecule has 1 heterocycles. The van der Waals surface area contributed by atoms with E-state index in [2.05, 4.69) is 5.16 Å². The molecule has 1 unspecified atom stereocenters. The van der Waals surface area contributed by atoms with Crippen molar-refractivity contribution < 1.29 is 9.32 Å². The van der Waals surface area contributed by atoms with Gasteiger partial charge in [-0.15, -0.1) is 0 Å². The van der Waals surface area contributed by atoms with E-state index in [1.807, 2.05) is 20.8 Å². The zero-order chi connectivity index (χ0) is 10.0. The molecule has 72 valence electrons. The van der Waals surface area contributed by atoms with Gasteiger partial charge in [0.25, 0.3) is 0 Å². The number of aromatic nitrogens is 1. The number of carbonyl (C=O) groups excluding carboxylic acids is 1. The average Bonchev–Trinajstić information content (AvgIpc) is 2.29. The second kappa shape index (κ2) is 3.60. The predicted molar refractivity (Wildman–Crippen MR) is 48.2 cm³/mol. The molecule has 0 aliphatic rings. The summed E-state index contributed by atoms with van der Waals surface area (Å²) in [7, 11) is 0. The summed E-state index contributed by atoms with van der Waals surface area (Å²) in [6, 6.07) is 0. The Labute approximate surface area is 77.1 Å². The van der Waals surface area contributed by atoms with Crippen LogP contribution < -0.4 is 5.73 Å². The highest BCUT2D eigenvalue weighted by Crippen LogP contribution is 2.25. The van der Waals surface area contributed by atoms with Gasteiger partial charge < -0.3 is 10.3 Å². The molecular weight excluding hydrogens is 168 g/mol. The standard InChI is InChI=1S/C9H14N2O2/c1-5(4-8(10)12)9-6(2)11-13-7(9)3/h5H,4H2,1-3H3,(H2,10,12). The number of hydrogen-bond donors (Lipinski definition) is 1. The van der Waals surface area contributed by atoms with Crippen LogP contribution in [-0.2, 0) is 4.79 Å². The summed E-state index contributed by atoms with van der Waals surface area (Å²) < 4.78 is 5.00. The molecule has 2 N–H and O–H groups in total. The Morgan fingerprint density at radius 2 is 2.23 bits per heavy atom. The van der Waals surface area contributed by atoms with Gasteiger partial charge in [-0.2, -0.15) is 0 Å². The van der Waals surface area contributed by atoms with Gasteiger partial charge >= 0.3 is 0 Å². The van der Waals surface area contributed by atoms with Crippen LogP contribution >= 0.6 is 0 Å². The van der Waals surface area contributed by atoms with Gasteiger partial charge in [0.2, 0.25) is 5.91 Å². The van der Waals surface area contributed by atoms with Gasteiger partial charge in [0.05, 0.1) is 5.69 Å². The summed E-state index contributed by atoms with van der Waals surface area (Å²) >= 11 is 0. The fourth-order valence-corrected chi connectivity index (χ4v) is 1.60. The van der Waals surface area contributed by atoms with Crippen LogP contribution in [0.15, 0.2) is 4.52 Å². The Bertz CT molecular complexity index is 298. The first kappa shape index (κ1) is 9.77. The third-order valence-electron chi connectivity index (χ3n) is 2.09. The Morgan fingerprint density at radius 1 is 1.62 bits per heavy atom. The molecule has 4 nitrogen and oxygen atoms in total. The minimum Gasteiger partial charge on any atom is -0.370 e. The number of amides is 1. The quantitative estimate of drug-likeness (QED) is 0.765. The zero-order valence-corrected chi connectivity index (χ0v) is 8.13. The van der Waals surface area contributed by atoms with Crippen molar-refractivity contribution in [1.29, 1.82) is 0 Å². The van der Waals surface area contributed by atoms with Crippen LogP contribution in [0, 0.1) is 13.8 Å². The highest BCUT2D eigenvalue weighted by molar-refractivity contribution is 5.74. The molecule has 0 saturated heterocycles. The van der Waals surface area contributed by atoms with Crippen LogP contribution in [0.5, 0.6) is 0 Å². The molecule has 1 rings (SSSR count). The lowest BCUT2D eigenvalue weighted by molar-refractivity contribution is -0.118. The van der Waals surface area contributed by atoms with E-state index in [1.54, 1.807) is 0 Å². The minimum absolute atomic E-state index is 0.0868. The van der Waals surface area contributed by atoms with E-state index in [1.165, 1.54) is 0 Å². The van der Waals surface area contributed by atoms with Crippen LogP contribution in [-0.4, -0.2) is 11.1 Å². The topological polar surface area (TPSA) is 69.1 Å². The smallest absolute Gasteiger partial charge is 0.218 e. The van der Waals surface area contributed by atoms with Crippen molar-refractivity contribution in [2.75, 3.05) is 0 Å². The second-order valence-electron chi connectivity index (χ2n) is 3.31. The summed E-state index contributed by atoms with van der Waals surface area (Å²) in [5.74, 6) is 0.558. The van der Waals surface area contributed by atoms with E-state index in [4.69, 9.17) is 10.3 Å². The van der Waals surface area contributed by atoms with E-state index in [9.17, 15) is 4.79 Å². The van der Waals surface area contributed by atoms with Crippen molar-refractivity contribution in [3.8, 4) is 0 Å². The van der Waals surface area contributed by atoms with E-state index < -0.39 is 0 Å². The molecule has 0 saturated carbocycles. The molecule has 1 amide bonds. The van der Waals surface area contributed by atoms with Crippen molar-refractivity contribution in [3.05, 3.63) is 17.0 Å². The molecule has 0 fully saturated rings. The first-order chi connectivity index (χ1) is 6.02. The molecule has 0 aliphatic carbocycles. The van der Waals surface area contributed by atoms with Crippen LogP contribution in [0.1, 0.15) is 36.3 Å². The summed E-state index contributed by atoms with van der Waals surface area (Å²) in [6.07, 6.45) is 0.336. The lowest BCUT2D eigenvalue weighted by atomic mass is 9.96. The van der Waals surface area contributed by atoms with Crippen molar-refractivity contribution in [1.82, 2.24) is 5.16 Å². The molecule has 4 heteroatoms. The SMILES string of the molecule is Cc1noc(C)c1C(C)CC(N)=O. The van der Waals surface area contributed by atoms with Crippen LogP contribution in [0.2, 0.25) is 0 Å². The normalized spacial score (nSPS) is 12.8. The average molecular weight is 182 g/mol. The third kappa shape index (κ3) is 2.08. The van der Waals surface area contributed by atoms with Gasteiger partial charge in [0.1, 0.15) is 5.76 Å². The lowest BCUT2D eigenvalue weighted by Crippen LogP contribution is -2.14. The Balaban J connectivity index is 2.87. The number of rotatable bonds is 3. The summed E-state index contributed by atoms with van der Waals surface area (Å²) in [6.45, 7) is 5.65. The Hall–Kier alpha value is -1.32. The third-order valence-corrected chi connectivity index (χ3v) is 2.09. The van der Waals surface area contributed by atoms with E-state index in [0.29, 0.717) is 6.42 Å². The molecule has 0 radical (unpaired) electrons. The number of aryl methyl sites for hydroxylation is 2. The Morgan fingerprint density at radius 3 is 2.62 bits per heavy atom. The minimum atomic E-state index is -0.299. The Kier molecular flexibility index (Phi) is 2.70. The summed E-state index contributed by atoms with van der Waals surface area (Å²) in [5.41, 5.74) is 6.95. The molecule has 0 bridgehead atoms. The van der Waals surface area contributed by atoms with Crippen LogP contribution in [0.4, 0.5) is 0 Å². The molecule has 0 aliphatic heterocycles. The molecule has 0 aromatic carbocycles. The molecule has 1 aromatic heterocycles. The largest absolute Gasteiger partial charge is 0.370 e. The molecule has 1 atom stereocenters. The van der Waals surface area contributed by atoms with Crippen molar-refractivity contribution in [2.45, 2.75) is 33.1 Å². The number of nitrogens with two attached hydrogens (primary N) is 1. The fourth-order valence-electron chi connectivity index (χ4n) is 1.60. The maximum Gasteiger partial charge on any atom is 0.218 e. The fraction of sp³-hybridized carbons (Fsp3) is 0.556.